The summed E-state index contributed by atoms with van der Waals surface area (Å²) < 4.78 is 1.03. The molecule has 0 saturated heterocycles. The normalized spacial score (nSPS) is 11.8. The van der Waals surface area contributed by atoms with Crippen molar-refractivity contribution in [1.82, 2.24) is 5.43 Å². The number of nitrogens with zero attached hydrogens (tertiary/aromatic N) is 1. The van der Waals surface area contributed by atoms with Gasteiger partial charge in [-0.3, -0.25) is 5.43 Å². The monoisotopic (exact) mass is 278 g/mol. The van der Waals surface area contributed by atoms with Crippen molar-refractivity contribution in [3.05, 3.63) is 40.9 Å². The van der Waals surface area contributed by atoms with Crippen molar-refractivity contribution in [1.29, 1.82) is 0 Å². The van der Waals surface area contributed by atoms with Gasteiger partial charge in [0.15, 0.2) is 0 Å². The van der Waals surface area contributed by atoms with Gasteiger partial charge in [-0.2, -0.15) is 0 Å². The number of aliphatic imine (C=N–C) groups is 1. The maximum atomic E-state index is 5.54. The topological polar surface area (TPSA) is 76.4 Å². The fourth-order valence-corrected chi connectivity index (χ4v) is 1.98. The highest BCUT2D eigenvalue weighted by Gasteiger charge is 2.03. The van der Waals surface area contributed by atoms with Crippen LogP contribution in [0.5, 0.6) is 0 Å². The minimum atomic E-state index is 0.187. The SMILES string of the molecule is NNC(N)=Nc1ccc(Br)c2ccccc12. The van der Waals surface area contributed by atoms with Gasteiger partial charge in [0.1, 0.15) is 0 Å². The molecule has 0 fully saturated rings. The molecule has 5 N–H and O–H groups in total. The van der Waals surface area contributed by atoms with E-state index in [1.54, 1.807) is 0 Å². The molecule has 5 heteroatoms. The summed E-state index contributed by atoms with van der Waals surface area (Å²) in [5.41, 5.74) is 8.63. The summed E-state index contributed by atoms with van der Waals surface area (Å²) in [5.74, 6) is 5.37. The molecule has 0 radical (unpaired) electrons. The zero-order valence-corrected chi connectivity index (χ0v) is 10.0. The molecule has 0 aromatic heterocycles. The van der Waals surface area contributed by atoms with Gasteiger partial charge < -0.3 is 5.73 Å². The van der Waals surface area contributed by atoms with E-state index in [1.165, 1.54) is 0 Å². The van der Waals surface area contributed by atoms with Gasteiger partial charge in [-0.25, -0.2) is 10.8 Å². The maximum absolute atomic E-state index is 5.54. The molecular weight excluding hydrogens is 268 g/mol. The van der Waals surface area contributed by atoms with E-state index >= 15 is 0 Å². The Kier molecular flexibility index (Phi) is 3.07. The first kappa shape index (κ1) is 10.9. The third kappa shape index (κ3) is 2.00. The van der Waals surface area contributed by atoms with E-state index in [-0.39, 0.29) is 5.96 Å². The van der Waals surface area contributed by atoms with Crippen LogP contribution in [0, 0.1) is 0 Å². The van der Waals surface area contributed by atoms with Crippen LogP contribution in [0.2, 0.25) is 0 Å². The van der Waals surface area contributed by atoms with Gasteiger partial charge in [-0.1, -0.05) is 40.2 Å². The summed E-state index contributed by atoms with van der Waals surface area (Å²) in [6, 6.07) is 11.8. The second-order valence-corrected chi connectivity index (χ2v) is 4.11. The van der Waals surface area contributed by atoms with Crippen LogP contribution >= 0.6 is 15.9 Å². The lowest BCUT2D eigenvalue weighted by Crippen LogP contribution is -2.36. The lowest BCUT2D eigenvalue weighted by molar-refractivity contribution is 1.01. The van der Waals surface area contributed by atoms with Crippen molar-refractivity contribution < 1.29 is 0 Å². The van der Waals surface area contributed by atoms with Gasteiger partial charge >= 0.3 is 0 Å². The van der Waals surface area contributed by atoms with Gasteiger partial charge in [0.05, 0.1) is 5.69 Å². The number of hydrogen-bond donors (Lipinski definition) is 3. The highest BCUT2D eigenvalue weighted by atomic mass is 79.9. The van der Waals surface area contributed by atoms with Crippen molar-refractivity contribution in [2.45, 2.75) is 0 Å². The fraction of sp³-hybridized carbons (Fsp3) is 0. The van der Waals surface area contributed by atoms with Crippen LogP contribution < -0.4 is 17.0 Å². The smallest absolute Gasteiger partial charge is 0.208 e. The average Bonchev–Trinajstić information content (AvgIpc) is 2.33. The van der Waals surface area contributed by atoms with Crippen LogP contribution in [-0.4, -0.2) is 5.96 Å². The van der Waals surface area contributed by atoms with Gasteiger partial charge in [0, 0.05) is 9.86 Å². The van der Waals surface area contributed by atoms with Crippen molar-refractivity contribution in [3.63, 3.8) is 0 Å². The molecule has 0 aliphatic carbocycles. The molecular formula is C11H11BrN4. The first-order valence-corrected chi connectivity index (χ1v) is 5.49. The number of guanidine groups is 1. The van der Waals surface area contributed by atoms with Crippen LogP contribution in [0.4, 0.5) is 5.69 Å². The minimum Gasteiger partial charge on any atom is -0.369 e. The second-order valence-electron chi connectivity index (χ2n) is 3.25. The number of fused-ring (bicyclic) bond motifs is 1. The number of rotatable bonds is 1. The predicted molar refractivity (Wildman–Crippen MR) is 70.3 cm³/mol. The molecule has 4 nitrogen and oxygen atoms in total. The van der Waals surface area contributed by atoms with E-state index in [9.17, 15) is 0 Å². The molecule has 0 aliphatic rings. The lowest BCUT2D eigenvalue weighted by Gasteiger charge is -2.05. The Hall–Kier alpha value is -1.59. The molecule has 16 heavy (non-hydrogen) atoms. The van der Waals surface area contributed by atoms with E-state index in [0.717, 1.165) is 20.9 Å². The molecule has 0 saturated carbocycles. The van der Waals surface area contributed by atoms with E-state index in [2.05, 4.69) is 26.3 Å². The molecule has 0 spiro atoms. The third-order valence-corrected chi connectivity index (χ3v) is 2.93. The summed E-state index contributed by atoms with van der Waals surface area (Å²) in [6.07, 6.45) is 0. The lowest BCUT2D eigenvalue weighted by atomic mass is 10.1. The predicted octanol–water partition coefficient (Wildman–Crippen LogP) is 2.01. The average molecular weight is 279 g/mol. The number of nitrogens with one attached hydrogen (secondary N) is 1. The molecule has 0 heterocycles. The van der Waals surface area contributed by atoms with Crippen LogP contribution in [0.3, 0.4) is 0 Å². The van der Waals surface area contributed by atoms with Crippen molar-refractivity contribution in [2.24, 2.45) is 16.6 Å². The number of nitrogens with two attached hydrogens (primary N) is 2. The number of benzene rings is 2. The molecule has 82 valence electrons. The van der Waals surface area contributed by atoms with E-state index in [1.807, 2.05) is 36.4 Å². The Labute approximate surface area is 101 Å². The van der Waals surface area contributed by atoms with Crippen LogP contribution in [0.25, 0.3) is 10.8 Å². The Morgan fingerprint density at radius 3 is 2.50 bits per heavy atom. The van der Waals surface area contributed by atoms with Gasteiger partial charge in [-0.15, -0.1) is 0 Å². The van der Waals surface area contributed by atoms with Gasteiger partial charge in [0.2, 0.25) is 5.96 Å². The quantitative estimate of drug-likeness (QED) is 0.323. The molecule has 2 aromatic rings. The molecule has 0 atom stereocenters. The van der Waals surface area contributed by atoms with E-state index < -0.39 is 0 Å². The highest BCUT2D eigenvalue weighted by Crippen LogP contribution is 2.31. The Morgan fingerprint density at radius 2 is 1.81 bits per heavy atom. The van der Waals surface area contributed by atoms with Gasteiger partial charge in [0.25, 0.3) is 0 Å². The zero-order valence-electron chi connectivity index (χ0n) is 8.44. The first-order valence-electron chi connectivity index (χ1n) is 4.70. The van der Waals surface area contributed by atoms with Crippen molar-refractivity contribution in [2.75, 3.05) is 0 Å². The summed E-state index contributed by atoms with van der Waals surface area (Å²) in [4.78, 5) is 4.18. The number of halogens is 1. The van der Waals surface area contributed by atoms with Crippen molar-refractivity contribution in [3.8, 4) is 0 Å². The second kappa shape index (κ2) is 4.51. The molecule has 0 unspecified atom stereocenters. The van der Waals surface area contributed by atoms with Gasteiger partial charge in [-0.05, 0) is 17.5 Å². The molecule has 0 amide bonds. The highest BCUT2D eigenvalue weighted by molar-refractivity contribution is 9.10. The van der Waals surface area contributed by atoms with Crippen LogP contribution in [0.1, 0.15) is 0 Å². The van der Waals surface area contributed by atoms with Crippen LogP contribution in [0.15, 0.2) is 45.9 Å². The summed E-state index contributed by atoms with van der Waals surface area (Å²) >= 11 is 3.49. The molecule has 0 bridgehead atoms. The number of hydrogen-bond acceptors (Lipinski definition) is 2. The largest absolute Gasteiger partial charge is 0.369 e. The first-order chi connectivity index (χ1) is 7.72. The minimum absolute atomic E-state index is 0.187. The Bertz CT molecular complexity index is 551. The standard InChI is InChI=1S/C11H11BrN4/c12-9-5-6-10(15-11(13)16-14)8-4-2-1-3-7(8)9/h1-6H,14H2,(H3,13,15,16). The molecule has 2 aromatic carbocycles. The third-order valence-electron chi connectivity index (χ3n) is 2.24. The van der Waals surface area contributed by atoms with E-state index in [4.69, 9.17) is 11.6 Å². The summed E-state index contributed by atoms with van der Waals surface area (Å²) in [6.45, 7) is 0. The number of hydrazine groups is 1. The Balaban J connectivity index is 2.68. The molecule has 0 aliphatic heterocycles. The Morgan fingerprint density at radius 1 is 1.12 bits per heavy atom. The zero-order chi connectivity index (χ0) is 11.5. The summed E-state index contributed by atoms with van der Waals surface area (Å²) in [5, 5.41) is 2.11. The summed E-state index contributed by atoms with van der Waals surface area (Å²) in [7, 11) is 0. The maximum Gasteiger partial charge on any atom is 0.208 e. The van der Waals surface area contributed by atoms with Crippen LogP contribution in [-0.2, 0) is 0 Å². The fourth-order valence-electron chi connectivity index (χ4n) is 1.51. The van der Waals surface area contributed by atoms with Crippen molar-refractivity contribution >= 4 is 38.3 Å². The van der Waals surface area contributed by atoms with E-state index in [0.29, 0.717) is 0 Å². The molecule has 2 rings (SSSR count).